The fourth-order valence-corrected chi connectivity index (χ4v) is 4.05. The van der Waals surface area contributed by atoms with Crippen molar-refractivity contribution in [1.29, 1.82) is 0 Å². The molecule has 0 unspecified atom stereocenters. The first-order valence-corrected chi connectivity index (χ1v) is 10.8. The van der Waals surface area contributed by atoms with Crippen LogP contribution in [0.3, 0.4) is 0 Å². The molecule has 0 aliphatic heterocycles. The predicted octanol–water partition coefficient (Wildman–Crippen LogP) is 3.73. The zero-order valence-electron chi connectivity index (χ0n) is 14.7. The zero-order valence-corrected chi connectivity index (χ0v) is 16.3. The minimum absolute atomic E-state index is 0.158. The number of fused-ring (bicyclic) bond motifs is 1. The van der Waals surface area contributed by atoms with E-state index < -0.39 is 9.84 Å². The number of hydrogen-bond donors (Lipinski definition) is 1. The van der Waals surface area contributed by atoms with Gasteiger partial charge in [-0.25, -0.2) is 13.2 Å². The van der Waals surface area contributed by atoms with E-state index in [0.717, 1.165) is 16.3 Å². The summed E-state index contributed by atoms with van der Waals surface area (Å²) in [7, 11) is -3.31. The second kappa shape index (κ2) is 7.50. The molecule has 0 bridgehead atoms. The van der Waals surface area contributed by atoms with Crippen LogP contribution in [0.1, 0.15) is 27.0 Å². The average Bonchev–Trinajstić information content (AvgIpc) is 3.05. The number of benzene rings is 2. The number of ether oxygens (including phenoxy) is 1. The lowest BCUT2D eigenvalue weighted by atomic mass is 10.2. The Hall–Kier alpha value is -2.71. The zero-order chi connectivity index (χ0) is 19.6. The van der Waals surface area contributed by atoms with Gasteiger partial charge in [0.2, 0.25) is 0 Å². The maximum atomic E-state index is 12.4. The molecule has 0 atom stereocenters. The van der Waals surface area contributed by atoms with E-state index in [1.807, 2.05) is 6.07 Å². The fourth-order valence-electron chi connectivity index (χ4n) is 2.48. The second-order valence-electron chi connectivity index (χ2n) is 5.83. The molecule has 1 heterocycles. The molecule has 0 aliphatic rings. The number of carbonyl (C=O) groups excluding carboxylic acids is 2. The molecule has 0 spiro atoms. The van der Waals surface area contributed by atoms with Gasteiger partial charge in [-0.05, 0) is 60.8 Å². The third-order valence-corrected chi connectivity index (χ3v) is 6.02. The van der Waals surface area contributed by atoms with E-state index in [1.165, 1.54) is 35.6 Å². The van der Waals surface area contributed by atoms with E-state index in [0.29, 0.717) is 22.7 Å². The molecule has 0 saturated heterocycles. The summed E-state index contributed by atoms with van der Waals surface area (Å²) < 4.78 is 28.9. The first-order valence-electron chi connectivity index (χ1n) is 8.10. The summed E-state index contributed by atoms with van der Waals surface area (Å²) in [6.07, 6.45) is 1.11. The lowest BCUT2D eigenvalue weighted by Gasteiger charge is -2.06. The van der Waals surface area contributed by atoms with Crippen LogP contribution in [0.5, 0.6) is 0 Å². The van der Waals surface area contributed by atoms with Crippen LogP contribution in [-0.4, -0.2) is 33.2 Å². The highest BCUT2D eigenvalue weighted by Gasteiger charge is 2.13. The molecule has 2 aromatic carbocycles. The first-order chi connectivity index (χ1) is 12.8. The van der Waals surface area contributed by atoms with Crippen LogP contribution >= 0.6 is 11.3 Å². The summed E-state index contributed by atoms with van der Waals surface area (Å²) >= 11 is 1.33. The molecule has 0 fully saturated rings. The van der Waals surface area contributed by atoms with Gasteiger partial charge in [-0.2, -0.15) is 0 Å². The van der Waals surface area contributed by atoms with E-state index in [1.54, 1.807) is 25.1 Å². The number of amides is 1. The topological polar surface area (TPSA) is 89.5 Å². The highest BCUT2D eigenvalue weighted by atomic mass is 32.2. The van der Waals surface area contributed by atoms with Crippen LogP contribution in [0.4, 0.5) is 5.69 Å². The molecule has 1 aromatic heterocycles. The van der Waals surface area contributed by atoms with Gasteiger partial charge in [0.1, 0.15) is 4.88 Å². The third kappa shape index (κ3) is 4.35. The molecule has 8 heteroatoms. The van der Waals surface area contributed by atoms with Crippen molar-refractivity contribution >= 4 is 48.8 Å². The Bertz CT molecular complexity index is 1110. The molecule has 0 saturated carbocycles. The summed E-state index contributed by atoms with van der Waals surface area (Å²) in [5.74, 6) is -0.717. The molecule has 1 amide bonds. The summed E-state index contributed by atoms with van der Waals surface area (Å²) in [5.41, 5.74) is 0.924. The van der Waals surface area contributed by atoms with Gasteiger partial charge in [-0.15, -0.1) is 11.3 Å². The SMILES string of the molecule is CCOC(=O)c1cc2cc(NC(=O)c3ccc(S(C)(=O)=O)cc3)ccc2s1. The highest BCUT2D eigenvalue weighted by Crippen LogP contribution is 2.29. The van der Waals surface area contributed by atoms with Crippen molar-refractivity contribution in [2.24, 2.45) is 0 Å². The molecule has 1 N–H and O–H groups in total. The van der Waals surface area contributed by atoms with Crippen LogP contribution in [0, 0.1) is 0 Å². The number of anilines is 1. The van der Waals surface area contributed by atoms with E-state index in [4.69, 9.17) is 4.74 Å². The van der Waals surface area contributed by atoms with Gasteiger partial charge in [-0.1, -0.05) is 0 Å². The number of rotatable bonds is 5. The average molecular weight is 403 g/mol. The van der Waals surface area contributed by atoms with Gasteiger partial charge in [0.15, 0.2) is 9.84 Å². The maximum absolute atomic E-state index is 12.4. The maximum Gasteiger partial charge on any atom is 0.348 e. The normalized spacial score (nSPS) is 11.3. The minimum Gasteiger partial charge on any atom is -0.462 e. The van der Waals surface area contributed by atoms with Gasteiger partial charge in [0.05, 0.1) is 11.5 Å². The Balaban J connectivity index is 1.79. The highest BCUT2D eigenvalue weighted by molar-refractivity contribution is 7.90. The Morgan fingerprint density at radius 3 is 2.41 bits per heavy atom. The van der Waals surface area contributed by atoms with E-state index in [9.17, 15) is 18.0 Å². The van der Waals surface area contributed by atoms with Gasteiger partial charge >= 0.3 is 5.97 Å². The minimum atomic E-state index is -3.31. The molecule has 3 aromatic rings. The lowest BCUT2D eigenvalue weighted by Crippen LogP contribution is -2.12. The summed E-state index contributed by atoms with van der Waals surface area (Å²) in [4.78, 5) is 24.9. The second-order valence-corrected chi connectivity index (χ2v) is 8.93. The number of carbonyl (C=O) groups is 2. The largest absolute Gasteiger partial charge is 0.462 e. The number of sulfone groups is 1. The quantitative estimate of drug-likeness (QED) is 0.656. The van der Waals surface area contributed by atoms with E-state index in [-0.39, 0.29) is 16.8 Å². The van der Waals surface area contributed by atoms with Crippen molar-refractivity contribution in [3.05, 3.63) is 59.0 Å². The van der Waals surface area contributed by atoms with Crippen LogP contribution < -0.4 is 5.32 Å². The molecular weight excluding hydrogens is 386 g/mol. The molecule has 27 heavy (non-hydrogen) atoms. The van der Waals surface area contributed by atoms with Crippen molar-refractivity contribution in [1.82, 2.24) is 0 Å². The summed E-state index contributed by atoms with van der Waals surface area (Å²) in [6.45, 7) is 2.06. The van der Waals surface area contributed by atoms with E-state index in [2.05, 4.69) is 5.32 Å². The molecule has 0 aliphatic carbocycles. The van der Waals surface area contributed by atoms with Crippen molar-refractivity contribution < 1.29 is 22.7 Å². The number of hydrogen-bond acceptors (Lipinski definition) is 6. The molecule has 3 rings (SSSR count). The Morgan fingerprint density at radius 1 is 1.07 bits per heavy atom. The summed E-state index contributed by atoms with van der Waals surface area (Å²) in [6, 6.07) is 12.8. The molecular formula is C19H17NO5S2. The van der Waals surface area contributed by atoms with Crippen molar-refractivity contribution in [3.8, 4) is 0 Å². The van der Waals surface area contributed by atoms with Crippen molar-refractivity contribution in [2.75, 3.05) is 18.2 Å². The number of thiophene rings is 1. The van der Waals surface area contributed by atoms with Crippen LogP contribution in [0.25, 0.3) is 10.1 Å². The summed E-state index contributed by atoms with van der Waals surface area (Å²) in [5, 5.41) is 3.60. The van der Waals surface area contributed by atoms with Gasteiger partial charge < -0.3 is 10.1 Å². The van der Waals surface area contributed by atoms with Crippen LogP contribution in [0.2, 0.25) is 0 Å². The van der Waals surface area contributed by atoms with Crippen LogP contribution in [-0.2, 0) is 14.6 Å². The fraction of sp³-hybridized carbons (Fsp3) is 0.158. The predicted molar refractivity (Wildman–Crippen MR) is 105 cm³/mol. The smallest absolute Gasteiger partial charge is 0.348 e. The van der Waals surface area contributed by atoms with Crippen molar-refractivity contribution in [3.63, 3.8) is 0 Å². The first kappa shape index (κ1) is 19.1. The monoisotopic (exact) mass is 403 g/mol. The molecule has 140 valence electrons. The standard InChI is InChI=1S/C19H17NO5S2/c1-3-25-19(22)17-11-13-10-14(6-9-16(13)26-17)20-18(21)12-4-7-15(8-5-12)27(2,23)24/h4-11H,3H2,1-2H3,(H,20,21). The third-order valence-electron chi connectivity index (χ3n) is 3.80. The molecule has 0 radical (unpaired) electrons. The van der Waals surface area contributed by atoms with E-state index >= 15 is 0 Å². The molecule has 6 nitrogen and oxygen atoms in total. The number of nitrogens with one attached hydrogen (secondary N) is 1. The van der Waals surface area contributed by atoms with Crippen molar-refractivity contribution in [2.45, 2.75) is 11.8 Å². The Labute approximate surface area is 160 Å². The Kier molecular flexibility index (Phi) is 5.29. The number of esters is 1. The lowest BCUT2D eigenvalue weighted by molar-refractivity contribution is 0.0532. The Morgan fingerprint density at radius 2 is 1.78 bits per heavy atom. The van der Waals surface area contributed by atoms with Gasteiger partial charge in [0.25, 0.3) is 5.91 Å². The van der Waals surface area contributed by atoms with Gasteiger partial charge in [-0.3, -0.25) is 4.79 Å². The van der Waals surface area contributed by atoms with Crippen LogP contribution in [0.15, 0.2) is 53.4 Å². The van der Waals surface area contributed by atoms with Gasteiger partial charge in [0, 0.05) is 22.2 Å².